The fourth-order valence-corrected chi connectivity index (χ4v) is 5.11. The normalized spacial score (nSPS) is 13.5. The summed E-state index contributed by atoms with van der Waals surface area (Å²) in [7, 11) is 0. The van der Waals surface area contributed by atoms with E-state index in [2.05, 4.69) is 15.8 Å². The van der Waals surface area contributed by atoms with Gasteiger partial charge in [0.2, 0.25) is 0 Å². The molecule has 0 radical (unpaired) electrons. The number of carboxylic acid groups (broad SMARTS) is 1. The van der Waals surface area contributed by atoms with E-state index in [1.165, 1.54) is 6.07 Å². The molecule has 3 N–H and O–H groups in total. The predicted octanol–water partition coefficient (Wildman–Crippen LogP) is 6.31. The van der Waals surface area contributed by atoms with Crippen molar-refractivity contribution >= 4 is 70.0 Å². The van der Waals surface area contributed by atoms with E-state index in [-0.39, 0.29) is 17.2 Å². The molecule has 11 heteroatoms. The Morgan fingerprint density at radius 2 is 1.79 bits per heavy atom. The summed E-state index contributed by atoms with van der Waals surface area (Å²) >= 11 is 13.5. The number of fused-ring (bicyclic) bond motifs is 1. The highest BCUT2D eigenvalue weighted by Crippen LogP contribution is 2.33. The van der Waals surface area contributed by atoms with Crippen molar-refractivity contribution in [2.75, 3.05) is 22.5 Å². The lowest BCUT2D eigenvalue weighted by molar-refractivity contribution is -0.112. The third-order valence-electron chi connectivity index (χ3n) is 5.72. The highest BCUT2D eigenvalue weighted by Gasteiger charge is 2.34. The first-order valence-corrected chi connectivity index (χ1v) is 13.5. The van der Waals surface area contributed by atoms with Crippen LogP contribution in [-0.4, -0.2) is 41.0 Å². The van der Waals surface area contributed by atoms with Crippen LogP contribution in [0.5, 0.6) is 0 Å². The number of carbonyl (C=O) groups is 3. The second kappa shape index (κ2) is 12.3. The number of amides is 3. The van der Waals surface area contributed by atoms with E-state index >= 15 is 0 Å². The molecule has 0 saturated carbocycles. The summed E-state index contributed by atoms with van der Waals surface area (Å²) in [5.41, 5.74) is 5.68. The molecule has 38 heavy (non-hydrogen) atoms. The van der Waals surface area contributed by atoms with Crippen LogP contribution >= 0.6 is 35.0 Å². The zero-order valence-electron chi connectivity index (χ0n) is 20.3. The van der Waals surface area contributed by atoms with Crippen LogP contribution in [-0.2, 0) is 11.2 Å². The van der Waals surface area contributed by atoms with Gasteiger partial charge in [-0.2, -0.15) is 5.10 Å². The van der Waals surface area contributed by atoms with Gasteiger partial charge >= 0.3 is 12.0 Å². The van der Waals surface area contributed by atoms with Crippen molar-refractivity contribution in [3.63, 3.8) is 0 Å². The van der Waals surface area contributed by atoms with E-state index in [1.807, 2.05) is 37.3 Å². The van der Waals surface area contributed by atoms with Gasteiger partial charge in [-0.15, -0.1) is 11.8 Å². The zero-order chi connectivity index (χ0) is 27.2. The van der Waals surface area contributed by atoms with Crippen molar-refractivity contribution in [2.24, 2.45) is 5.10 Å². The SMILES string of the molecule is CCCN1C(=O)/C(=N\NC(=O)Nc2ccc(Cl)c(Cl)c2)c2cc(SCCc3ccc(C(=O)O)cc3)ccc21. The smallest absolute Gasteiger partial charge is 0.339 e. The van der Waals surface area contributed by atoms with E-state index in [1.54, 1.807) is 40.9 Å². The van der Waals surface area contributed by atoms with Crippen molar-refractivity contribution in [1.82, 2.24) is 5.43 Å². The Morgan fingerprint density at radius 1 is 1.03 bits per heavy atom. The van der Waals surface area contributed by atoms with E-state index in [0.717, 1.165) is 34.7 Å². The van der Waals surface area contributed by atoms with Crippen LogP contribution in [0.4, 0.5) is 16.2 Å². The Labute approximate surface area is 234 Å². The van der Waals surface area contributed by atoms with Crippen molar-refractivity contribution in [3.05, 3.63) is 87.4 Å². The maximum atomic E-state index is 13.1. The monoisotopic (exact) mass is 570 g/mol. The predicted molar refractivity (Wildman–Crippen MR) is 152 cm³/mol. The molecule has 4 rings (SSSR count). The number of rotatable bonds is 9. The lowest BCUT2D eigenvalue weighted by atomic mass is 10.1. The van der Waals surface area contributed by atoms with Crippen molar-refractivity contribution < 1.29 is 19.5 Å². The van der Waals surface area contributed by atoms with Gasteiger partial charge < -0.3 is 15.3 Å². The zero-order valence-corrected chi connectivity index (χ0v) is 22.7. The van der Waals surface area contributed by atoms with Gasteiger partial charge in [0.1, 0.15) is 0 Å². The number of hydrogen-bond acceptors (Lipinski definition) is 5. The van der Waals surface area contributed by atoms with Crippen LogP contribution in [0.2, 0.25) is 10.0 Å². The van der Waals surface area contributed by atoms with Gasteiger partial charge in [-0.3, -0.25) is 4.79 Å². The van der Waals surface area contributed by atoms with Crippen molar-refractivity contribution in [3.8, 4) is 0 Å². The van der Waals surface area contributed by atoms with Gasteiger partial charge in [-0.05, 0) is 66.9 Å². The second-order valence-electron chi connectivity index (χ2n) is 8.39. The van der Waals surface area contributed by atoms with Crippen LogP contribution in [0.3, 0.4) is 0 Å². The van der Waals surface area contributed by atoms with Crippen LogP contribution in [0.25, 0.3) is 0 Å². The Balaban J connectivity index is 1.46. The van der Waals surface area contributed by atoms with Gasteiger partial charge in [-0.25, -0.2) is 15.0 Å². The van der Waals surface area contributed by atoms with Crippen molar-refractivity contribution in [2.45, 2.75) is 24.7 Å². The molecule has 196 valence electrons. The number of nitrogens with zero attached hydrogens (tertiary/aromatic N) is 2. The largest absolute Gasteiger partial charge is 0.478 e. The number of hydrazone groups is 1. The Hall–Kier alpha value is -3.53. The minimum absolute atomic E-state index is 0.157. The average Bonchev–Trinajstić information content (AvgIpc) is 3.15. The van der Waals surface area contributed by atoms with Crippen molar-refractivity contribution in [1.29, 1.82) is 0 Å². The number of carbonyl (C=O) groups excluding carboxylic acids is 2. The molecule has 0 aromatic heterocycles. The molecular weight excluding hydrogens is 547 g/mol. The third kappa shape index (κ3) is 6.48. The summed E-state index contributed by atoms with van der Waals surface area (Å²) in [6.07, 6.45) is 1.51. The number of nitrogens with one attached hydrogen (secondary N) is 2. The second-order valence-corrected chi connectivity index (χ2v) is 10.4. The summed E-state index contributed by atoms with van der Waals surface area (Å²) in [6, 6.07) is 16.6. The van der Waals surface area contributed by atoms with Crippen LogP contribution in [0.15, 0.2) is 70.7 Å². The first kappa shape index (κ1) is 27.5. The minimum Gasteiger partial charge on any atom is -0.478 e. The van der Waals surface area contributed by atoms with Gasteiger partial charge in [0.15, 0.2) is 5.71 Å². The number of urea groups is 1. The number of carboxylic acids is 1. The molecule has 1 heterocycles. The highest BCUT2D eigenvalue weighted by molar-refractivity contribution is 7.99. The molecule has 0 aliphatic carbocycles. The number of halogens is 2. The topological polar surface area (TPSA) is 111 Å². The number of hydrogen-bond donors (Lipinski definition) is 3. The number of thioether (sulfide) groups is 1. The quantitative estimate of drug-likeness (QED) is 0.206. The molecule has 3 aromatic carbocycles. The first-order valence-electron chi connectivity index (χ1n) is 11.8. The molecule has 1 aliphatic heterocycles. The Morgan fingerprint density at radius 3 is 2.47 bits per heavy atom. The van der Waals surface area contributed by atoms with E-state index < -0.39 is 12.0 Å². The summed E-state index contributed by atoms with van der Waals surface area (Å²) < 4.78 is 0. The lowest BCUT2D eigenvalue weighted by Gasteiger charge is -2.15. The van der Waals surface area contributed by atoms with Gasteiger partial charge in [0.25, 0.3) is 5.91 Å². The van der Waals surface area contributed by atoms with Crippen LogP contribution < -0.4 is 15.6 Å². The Kier molecular flexibility index (Phi) is 8.93. The minimum atomic E-state index is -0.949. The molecule has 0 saturated heterocycles. The van der Waals surface area contributed by atoms with Gasteiger partial charge in [0, 0.05) is 28.4 Å². The number of benzene rings is 3. The highest BCUT2D eigenvalue weighted by atomic mass is 35.5. The third-order valence-corrected chi connectivity index (χ3v) is 7.45. The van der Waals surface area contributed by atoms with Gasteiger partial charge in [-0.1, -0.05) is 42.3 Å². The molecule has 8 nitrogen and oxygen atoms in total. The molecule has 3 amide bonds. The number of anilines is 2. The summed E-state index contributed by atoms with van der Waals surface area (Å²) in [5.74, 6) is -0.471. The molecule has 0 bridgehead atoms. The molecule has 0 atom stereocenters. The van der Waals surface area contributed by atoms with Crippen LogP contribution in [0.1, 0.15) is 34.8 Å². The molecule has 3 aromatic rings. The van der Waals surface area contributed by atoms with Gasteiger partial charge in [0.05, 0.1) is 21.3 Å². The molecule has 0 fully saturated rings. The fourth-order valence-electron chi connectivity index (χ4n) is 3.88. The standard InChI is InChI=1S/C27H24Cl2N4O4S/c1-2-12-33-23-10-8-19(38-13-11-16-3-5-17(6-4-16)26(35)36)15-20(23)24(25(33)34)31-32-27(37)30-18-7-9-21(28)22(29)14-18/h3-10,14-15H,2,11-13H2,1H3,(H,35,36)(H2,30,32,37)/b31-24-. The number of aryl methyl sites for hydroxylation is 1. The summed E-state index contributed by atoms with van der Waals surface area (Å²) in [5, 5.41) is 16.5. The first-order chi connectivity index (χ1) is 18.3. The van der Waals surface area contributed by atoms with E-state index in [0.29, 0.717) is 27.8 Å². The van der Waals surface area contributed by atoms with E-state index in [4.69, 9.17) is 28.3 Å². The summed E-state index contributed by atoms with van der Waals surface area (Å²) in [4.78, 5) is 39.2. The fraction of sp³-hybridized carbons (Fsp3) is 0.185. The molecule has 0 unspecified atom stereocenters. The Bertz CT molecular complexity index is 1410. The van der Waals surface area contributed by atoms with E-state index in [9.17, 15) is 14.4 Å². The number of aromatic carboxylic acids is 1. The molecule has 0 spiro atoms. The lowest BCUT2D eigenvalue weighted by Crippen LogP contribution is -2.33. The molecule has 1 aliphatic rings. The maximum Gasteiger partial charge on any atom is 0.339 e. The van der Waals surface area contributed by atoms with Crippen LogP contribution in [0, 0.1) is 0 Å². The average molecular weight is 571 g/mol. The maximum absolute atomic E-state index is 13.1. The summed E-state index contributed by atoms with van der Waals surface area (Å²) in [6.45, 7) is 2.51. The molecular formula is C27H24Cl2N4O4S.